The minimum absolute atomic E-state index is 0.0875. The Kier molecular flexibility index (Phi) is 6.36. The van der Waals surface area contributed by atoms with Gasteiger partial charge in [-0.1, -0.05) is 0 Å². The van der Waals surface area contributed by atoms with Crippen molar-refractivity contribution < 1.29 is 26.4 Å². The van der Waals surface area contributed by atoms with E-state index in [1.165, 1.54) is 13.8 Å². The molecule has 0 spiro atoms. The number of benzene rings is 1. The Labute approximate surface area is 176 Å². The molecule has 31 heavy (non-hydrogen) atoms. The summed E-state index contributed by atoms with van der Waals surface area (Å²) in [6.07, 6.45) is -3.84. The van der Waals surface area contributed by atoms with Crippen molar-refractivity contribution >= 4 is 39.1 Å². The first-order valence-electron chi connectivity index (χ1n) is 9.32. The van der Waals surface area contributed by atoms with Gasteiger partial charge in [0.25, 0.3) is 0 Å². The van der Waals surface area contributed by atoms with Gasteiger partial charge in [-0.25, -0.2) is 18.1 Å². The fraction of sp³-hybridized carbons (Fsp3) is 0.389. The normalized spacial score (nSPS) is 13.8. The molecule has 13 heteroatoms. The number of rotatable bonds is 8. The van der Waals surface area contributed by atoms with Crippen molar-refractivity contribution in [1.82, 2.24) is 14.7 Å². The Bertz CT molecular complexity index is 1090. The van der Waals surface area contributed by atoms with Gasteiger partial charge < -0.3 is 16.0 Å². The van der Waals surface area contributed by atoms with E-state index >= 15 is 0 Å². The number of alkyl halides is 3. The standard InChI is InChI=1S/C18H21F3N6O3S/c1-10(2)31(29,30)24-6-5-22-16-13(18(19,20)21)9-23-17(27-16)25-12-3-4-14-11(7-12)8-15(28)26-14/h3-4,7,9-10,24H,5-6,8H2,1-2H3,(H,26,28)(H2,22,23,25,27). The molecule has 0 bridgehead atoms. The summed E-state index contributed by atoms with van der Waals surface area (Å²) in [6.45, 7) is 2.75. The van der Waals surface area contributed by atoms with Crippen LogP contribution in [0.25, 0.3) is 0 Å². The van der Waals surface area contributed by atoms with Crippen LogP contribution in [-0.4, -0.2) is 42.6 Å². The lowest BCUT2D eigenvalue weighted by atomic mass is 10.1. The number of hydrogen-bond acceptors (Lipinski definition) is 7. The number of nitrogens with one attached hydrogen (secondary N) is 4. The van der Waals surface area contributed by atoms with E-state index in [1.807, 2.05) is 0 Å². The van der Waals surface area contributed by atoms with E-state index in [4.69, 9.17) is 0 Å². The van der Waals surface area contributed by atoms with Crippen LogP contribution in [0.5, 0.6) is 0 Å². The van der Waals surface area contributed by atoms with Crippen LogP contribution in [-0.2, 0) is 27.4 Å². The zero-order valence-electron chi connectivity index (χ0n) is 16.7. The molecule has 3 rings (SSSR count). The molecule has 0 atom stereocenters. The third-order valence-electron chi connectivity index (χ3n) is 4.42. The molecule has 1 aromatic carbocycles. The van der Waals surface area contributed by atoms with Crippen LogP contribution in [0.4, 0.5) is 36.3 Å². The van der Waals surface area contributed by atoms with Crippen LogP contribution in [0.3, 0.4) is 0 Å². The number of halogens is 3. The molecule has 0 unspecified atom stereocenters. The van der Waals surface area contributed by atoms with Gasteiger partial charge in [0, 0.05) is 30.7 Å². The summed E-state index contributed by atoms with van der Waals surface area (Å²) in [7, 11) is -3.54. The molecule has 2 heterocycles. The number of carbonyl (C=O) groups excluding carboxylic acids is 1. The van der Waals surface area contributed by atoms with Crippen molar-refractivity contribution in [2.45, 2.75) is 31.7 Å². The third kappa shape index (κ3) is 5.61. The van der Waals surface area contributed by atoms with Gasteiger partial charge >= 0.3 is 6.18 Å². The maximum absolute atomic E-state index is 13.3. The molecular weight excluding hydrogens is 437 g/mol. The van der Waals surface area contributed by atoms with Crippen molar-refractivity contribution in [1.29, 1.82) is 0 Å². The Balaban J connectivity index is 1.74. The number of hydrogen-bond donors (Lipinski definition) is 4. The van der Waals surface area contributed by atoms with Gasteiger partial charge in [-0.05, 0) is 37.6 Å². The van der Waals surface area contributed by atoms with Crippen molar-refractivity contribution in [3.8, 4) is 0 Å². The zero-order valence-corrected chi connectivity index (χ0v) is 17.5. The molecular formula is C18H21F3N6O3S. The number of anilines is 4. The molecule has 0 radical (unpaired) electrons. The third-order valence-corrected chi connectivity index (χ3v) is 6.27. The average molecular weight is 458 g/mol. The van der Waals surface area contributed by atoms with Crippen LogP contribution >= 0.6 is 0 Å². The minimum Gasteiger partial charge on any atom is -0.368 e. The number of fused-ring (bicyclic) bond motifs is 1. The number of sulfonamides is 1. The van der Waals surface area contributed by atoms with E-state index in [-0.39, 0.29) is 31.4 Å². The smallest absolute Gasteiger partial charge is 0.368 e. The molecule has 2 aromatic rings. The fourth-order valence-electron chi connectivity index (χ4n) is 2.76. The Hall–Kier alpha value is -2.93. The van der Waals surface area contributed by atoms with Gasteiger partial charge in [0.2, 0.25) is 21.9 Å². The second-order valence-corrected chi connectivity index (χ2v) is 9.41. The average Bonchev–Trinajstić information content (AvgIpc) is 3.03. The van der Waals surface area contributed by atoms with Crippen molar-refractivity contribution in [2.24, 2.45) is 0 Å². The van der Waals surface area contributed by atoms with E-state index in [2.05, 4.69) is 30.6 Å². The highest BCUT2D eigenvalue weighted by molar-refractivity contribution is 7.90. The van der Waals surface area contributed by atoms with Crippen LogP contribution in [0.2, 0.25) is 0 Å². The van der Waals surface area contributed by atoms with Gasteiger partial charge in [0.05, 0.1) is 11.7 Å². The summed E-state index contributed by atoms with van der Waals surface area (Å²) < 4.78 is 65.7. The number of amides is 1. The number of carbonyl (C=O) groups is 1. The molecule has 0 fully saturated rings. The van der Waals surface area contributed by atoms with E-state index in [1.54, 1.807) is 18.2 Å². The maximum atomic E-state index is 13.3. The fourth-order valence-corrected chi connectivity index (χ4v) is 3.48. The Morgan fingerprint density at radius 3 is 2.65 bits per heavy atom. The molecule has 9 nitrogen and oxygen atoms in total. The van der Waals surface area contributed by atoms with E-state index in [0.29, 0.717) is 17.6 Å². The van der Waals surface area contributed by atoms with Gasteiger partial charge in [0.15, 0.2) is 0 Å². The molecule has 1 amide bonds. The van der Waals surface area contributed by atoms with Crippen LogP contribution < -0.4 is 20.7 Å². The first-order chi connectivity index (χ1) is 14.5. The highest BCUT2D eigenvalue weighted by Crippen LogP contribution is 2.34. The summed E-state index contributed by atoms with van der Waals surface area (Å²) in [5, 5.41) is 7.35. The van der Waals surface area contributed by atoms with Gasteiger partial charge in [-0.15, -0.1) is 0 Å². The molecule has 4 N–H and O–H groups in total. The van der Waals surface area contributed by atoms with Crippen molar-refractivity contribution in [3.63, 3.8) is 0 Å². The molecule has 1 aromatic heterocycles. The summed E-state index contributed by atoms with van der Waals surface area (Å²) in [5.41, 5.74) is 0.854. The van der Waals surface area contributed by atoms with Crippen LogP contribution in [0.15, 0.2) is 24.4 Å². The summed E-state index contributed by atoms with van der Waals surface area (Å²) in [6, 6.07) is 4.99. The van der Waals surface area contributed by atoms with Crippen LogP contribution in [0.1, 0.15) is 25.0 Å². The van der Waals surface area contributed by atoms with Gasteiger partial charge in [0.1, 0.15) is 11.4 Å². The predicted octanol–water partition coefficient (Wildman–Crippen LogP) is 2.47. The van der Waals surface area contributed by atoms with E-state index in [0.717, 1.165) is 5.56 Å². The highest BCUT2D eigenvalue weighted by Gasteiger charge is 2.35. The van der Waals surface area contributed by atoms with Crippen LogP contribution in [0, 0.1) is 0 Å². The summed E-state index contributed by atoms with van der Waals surface area (Å²) >= 11 is 0. The number of aromatic nitrogens is 2. The minimum atomic E-state index is -4.70. The lowest BCUT2D eigenvalue weighted by Gasteiger charge is -2.15. The first kappa shape index (κ1) is 22.7. The lowest BCUT2D eigenvalue weighted by Crippen LogP contribution is -2.34. The Morgan fingerprint density at radius 1 is 1.23 bits per heavy atom. The zero-order chi connectivity index (χ0) is 22.8. The molecule has 1 aliphatic rings. The molecule has 0 aliphatic carbocycles. The first-order valence-corrected chi connectivity index (χ1v) is 10.9. The Morgan fingerprint density at radius 2 is 1.97 bits per heavy atom. The second-order valence-electron chi connectivity index (χ2n) is 7.09. The molecule has 0 saturated carbocycles. The highest BCUT2D eigenvalue weighted by atomic mass is 32.2. The predicted molar refractivity (Wildman–Crippen MR) is 110 cm³/mol. The summed E-state index contributed by atoms with van der Waals surface area (Å²) in [4.78, 5) is 19.1. The van der Waals surface area contributed by atoms with E-state index in [9.17, 15) is 26.4 Å². The topological polar surface area (TPSA) is 125 Å². The summed E-state index contributed by atoms with van der Waals surface area (Å²) in [5.74, 6) is -0.709. The monoisotopic (exact) mass is 458 g/mol. The number of nitrogens with zero attached hydrogens (tertiary/aromatic N) is 2. The lowest BCUT2D eigenvalue weighted by molar-refractivity contribution is -0.137. The molecule has 0 saturated heterocycles. The van der Waals surface area contributed by atoms with Crippen molar-refractivity contribution in [2.75, 3.05) is 29.0 Å². The van der Waals surface area contributed by atoms with Gasteiger partial charge in [-0.2, -0.15) is 18.2 Å². The quantitative estimate of drug-likeness (QED) is 0.448. The largest absolute Gasteiger partial charge is 0.421 e. The SMILES string of the molecule is CC(C)S(=O)(=O)NCCNc1nc(Nc2ccc3c(c2)CC(=O)N3)ncc1C(F)(F)F. The maximum Gasteiger partial charge on any atom is 0.421 e. The molecule has 1 aliphatic heterocycles. The van der Waals surface area contributed by atoms with Gasteiger partial charge in [-0.3, -0.25) is 4.79 Å². The second kappa shape index (κ2) is 8.67. The molecule has 168 valence electrons. The van der Waals surface area contributed by atoms with E-state index < -0.39 is 32.8 Å². The van der Waals surface area contributed by atoms with Crippen molar-refractivity contribution in [3.05, 3.63) is 35.5 Å².